The van der Waals surface area contributed by atoms with Crippen LogP contribution in [0.1, 0.15) is 72.1 Å². The summed E-state index contributed by atoms with van der Waals surface area (Å²) in [6.45, 7) is 15.5. The summed E-state index contributed by atoms with van der Waals surface area (Å²) in [6.07, 6.45) is 14.9. The average Bonchev–Trinajstić information content (AvgIpc) is 2.99. The number of allylic oxidation sites excluding steroid dienone is 2. The van der Waals surface area contributed by atoms with E-state index in [0.29, 0.717) is 23.2 Å². The molecule has 3 saturated carbocycles. The summed E-state index contributed by atoms with van der Waals surface area (Å²) in [4.78, 5) is 12.3. The van der Waals surface area contributed by atoms with Gasteiger partial charge in [-0.05, 0) is 106 Å². The summed E-state index contributed by atoms with van der Waals surface area (Å²) in [5.74, 6) is 3.10. The predicted octanol–water partition coefficient (Wildman–Crippen LogP) is 6.93. The molecule has 7 atom stereocenters. The second kappa shape index (κ2) is 7.48. The Labute approximate surface area is 179 Å². The van der Waals surface area contributed by atoms with Crippen LogP contribution in [0.3, 0.4) is 0 Å². The first-order valence-corrected chi connectivity index (χ1v) is 15.2. The molecule has 0 aromatic heterocycles. The number of hydrogen-bond acceptors (Lipinski definition) is 2. The van der Waals surface area contributed by atoms with Gasteiger partial charge in [0.05, 0.1) is 0 Å². The molecule has 4 rings (SSSR count). The van der Waals surface area contributed by atoms with Gasteiger partial charge < -0.3 is 4.43 Å². The van der Waals surface area contributed by atoms with E-state index in [1.165, 1.54) is 38.5 Å². The zero-order valence-corrected chi connectivity index (χ0v) is 20.4. The zero-order valence-electron chi connectivity index (χ0n) is 19.4. The van der Waals surface area contributed by atoms with E-state index in [0.717, 1.165) is 36.6 Å². The standard InChI is InChI=1S/C26H42O2Si/c1-7-16-29(5,6)28-20-12-14-25(3)19(17-20)8-9-21-23-11-10-22(18(2)27)26(23,4)15-13-24(21)25/h7-8,20-24H,1,9-17H2,2-6H3. The fourth-order valence-corrected chi connectivity index (χ4v) is 10.1. The molecule has 0 saturated heterocycles. The molecule has 7 unspecified atom stereocenters. The third-order valence-corrected chi connectivity index (χ3v) is 11.9. The van der Waals surface area contributed by atoms with Gasteiger partial charge in [-0.15, -0.1) is 6.58 Å². The van der Waals surface area contributed by atoms with Gasteiger partial charge in [0.25, 0.3) is 0 Å². The largest absolute Gasteiger partial charge is 0.414 e. The van der Waals surface area contributed by atoms with Crippen LogP contribution < -0.4 is 0 Å². The fraction of sp³-hybridized carbons (Fsp3) is 0.808. The molecule has 0 bridgehead atoms. The Bertz CT molecular complexity index is 709. The molecule has 0 aromatic carbocycles. The van der Waals surface area contributed by atoms with E-state index in [4.69, 9.17) is 4.43 Å². The van der Waals surface area contributed by atoms with E-state index in [1.807, 2.05) is 13.0 Å². The van der Waals surface area contributed by atoms with Gasteiger partial charge in [0.15, 0.2) is 8.32 Å². The lowest BCUT2D eigenvalue weighted by Gasteiger charge is -2.58. The summed E-state index contributed by atoms with van der Waals surface area (Å²) >= 11 is 0. The van der Waals surface area contributed by atoms with Crippen molar-refractivity contribution in [2.24, 2.45) is 34.5 Å². The highest BCUT2D eigenvalue weighted by Gasteiger charge is 2.59. The van der Waals surface area contributed by atoms with Crippen molar-refractivity contribution in [3.05, 3.63) is 24.3 Å². The van der Waals surface area contributed by atoms with E-state index in [1.54, 1.807) is 5.57 Å². The molecule has 0 N–H and O–H groups in total. The van der Waals surface area contributed by atoms with Gasteiger partial charge in [-0.2, -0.15) is 0 Å². The van der Waals surface area contributed by atoms with Crippen LogP contribution in [0.15, 0.2) is 24.3 Å². The van der Waals surface area contributed by atoms with Crippen LogP contribution in [0.25, 0.3) is 0 Å². The summed E-state index contributed by atoms with van der Waals surface area (Å²) in [6, 6.07) is 1.04. The average molecular weight is 415 g/mol. The minimum atomic E-state index is -1.63. The fourth-order valence-electron chi connectivity index (χ4n) is 8.24. The molecule has 4 aliphatic rings. The van der Waals surface area contributed by atoms with Crippen molar-refractivity contribution < 1.29 is 9.22 Å². The van der Waals surface area contributed by atoms with Crippen LogP contribution in [0.5, 0.6) is 0 Å². The topological polar surface area (TPSA) is 26.3 Å². The molecule has 3 fully saturated rings. The monoisotopic (exact) mass is 414 g/mol. The number of ketones is 1. The van der Waals surface area contributed by atoms with Crippen molar-refractivity contribution in [3.63, 3.8) is 0 Å². The minimum absolute atomic E-state index is 0.259. The first kappa shape index (κ1) is 21.6. The Kier molecular flexibility index (Phi) is 5.56. The van der Waals surface area contributed by atoms with Crippen LogP contribution in [0.4, 0.5) is 0 Å². The van der Waals surface area contributed by atoms with Gasteiger partial charge in [-0.25, -0.2) is 0 Å². The summed E-state index contributed by atoms with van der Waals surface area (Å²) in [5.41, 5.74) is 2.32. The van der Waals surface area contributed by atoms with Gasteiger partial charge >= 0.3 is 0 Å². The molecule has 0 amide bonds. The van der Waals surface area contributed by atoms with E-state index < -0.39 is 8.32 Å². The van der Waals surface area contributed by atoms with Gasteiger partial charge in [0, 0.05) is 12.0 Å². The highest BCUT2D eigenvalue weighted by Crippen LogP contribution is 2.66. The Morgan fingerprint density at radius 2 is 1.97 bits per heavy atom. The number of rotatable bonds is 5. The number of carbonyl (C=O) groups is 1. The number of fused-ring (bicyclic) bond motifs is 5. The van der Waals surface area contributed by atoms with Crippen molar-refractivity contribution in [1.82, 2.24) is 0 Å². The molecular weight excluding hydrogens is 372 g/mol. The Balaban J connectivity index is 1.53. The summed E-state index contributed by atoms with van der Waals surface area (Å²) in [7, 11) is -1.63. The normalized spacial score (nSPS) is 44.3. The van der Waals surface area contributed by atoms with E-state index >= 15 is 0 Å². The highest BCUT2D eigenvalue weighted by atomic mass is 28.4. The molecule has 162 valence electrons. The molecular formula is C26H42O2Si. The van der Waals surface area contributed by atoms with Crippen molar-refractivity contribution >= 4 is 14.1 Å². The molecule has 0 spiro atoms. The number of hydrogen-bond donors (Lipinski definition) is 0. The molecule has 3 heteroatoms. The number of Topliss-reactive ketones (excluding diaryl/α,β-unsaturated/α-hetero) is 1. The van der Waals surface area contributed by atoms with Crippen LogP contribution in [-0.4, -0.2) is 20.2 Å². The van der Waals surface area contributed by atoms with Crippen LogP contribution in [0.2, 0.25) is 19.1 Å². The lowest BCUT2D eigenvalue weighted by molar-refractivity contribution is -0.127. The molecule has 0 heterocycles. The summed E-state index contributed by atoms with van der Waals surface area (Å²) in [5, 5.41) is 0. The maximum Gasteiger partial charge on any atom is 0.190 e. The van der Waals surface area contributed by atoms with Crippen LogP contribution in [-0.2, 0) is 9.22 Å². The van der Waals surface area contributed by atoms with Crippen molar-refractivity contribution in [1.29, 1.82) is 0 Å². The van der Waals surface area contributed by atoms with Crippen LogP contribution in [0, 0.1) is 34.5 Å². The van der Waals surface area contributed by atoms with Gasteiger partial charge in [-0.3, -0.25) is 4.79 Å². The maximum absolute atomic E-state index is 12.3. The van der Waals surface area contributed by atoms with Crippen molar-refractivity contribution in [2.45, 2.75) is 97.4 Å². The maximum atomic E-state index is 12.3. The quantitative estimate of drug-likeness (QED) is 0.360. The second-order valence-electron chi connectivity index (χ2n) is 11.8. The molecule has 29 heavy (non-hydrogen) atoms. The first-order chi connectivity index (χ1) is 13.6. The van der Waals surface area contributed by atoms with E-state index in [9.17, 15) is 4.79 Å². The SMILES string of the molecule is C=CC[Si](C)(C)OC1CCC2(C)C(=CCC3C2CCC2(C)C(C(C)=O)CCC32)C1. The lowest BCUT2D eigenvalue weighted by atomic mass is 9.47. The summed E-state index contributed by atoms with van der Waals surface area (Å²) < 4.78 is 6.66. The molecule has 0 aromatic rings. The second-order valence-corrected chi connectivity index (χ2v) is 15.9. The Morgan fingerprint density at radius 3 is 2.66 bits per heavy atom. The first-order valence-electron chi connectivity index (χ1n) is 12.1. The predicted molar refractivity (Wildman–Crippen MR) is 123 cm³/mol. The smallest absolute Gasteiger partial charge is 0.190 e. The molecule has 2 nitrogen and oxygen atoms in total. The Morgan fingerprint density at radius 1 is 1.21 bits per heavy atom. The molecule has 0 radical (unpaired) electrons. The number of carbonyl (C=O) groups excluding carboxylic acids is 1. The van der Waals surface area contributed by atoms with Crippen molar-refractivity contribution in [2.75, 3.05) is 0 Å². The van der Waals surface area contributed by atoms with Gasteiger partial charge in [0.2, 0.25) is 0 Å². The zero-order chi connectivity index (χ0) is 21.0. The van der Waals surface area contributed by atoms with Gasteiger partial charge in [-0.1, -0.05) is 31.6 Å². The van der Waals surface area contributed by atoms with Gasteiger partial charge in [0.1, 0.15) is 5.78 Å². The van der Waals surface area contributed by atoms with Crippen LogP contribution >= 0.6 is 0 Å². The molecule has 4 aliphatic carbocycles. The lowest BCUT2D eigenvalue weighted by Crippen LogP contribution is -2.51. The minimum Gasteiger partial charge on any atom is -0.414 e. The Hall–Kier alpha value is -0.673. The van der Waals surface area contributed by atoms with Crippen molar-refractivity contribution in [3.8, 4) is 0 Å². The molecule has 0 aliphatic heterocycles. The third-order valence-electron chi connectivity index (χ3n) is 9.67. The highest BCUT2D eigenvalue weighted by molar-refractivity contribution is 6.71. The van der Waals surface area contributed by atoms with E-state index in [-0.39, 0.29) is 5.41 Å². The third kappa shape index (κ3) is 3.54. The van der Waals surface area contributed by atoms with E-state index in [2.05, 4.69) is 39.6 Å².